The molecule has 0 aromatic heterocycles. The van der Waals surface area contributed by atoms with Gasteiger partial charge in [-0.3, -0.25) is 0 Å². The number of phenolic OH excluding ortho intramolecular Hbond substituents is 1. The van der Waals surface area contributed by atoms with Crippen LogP contribution in [0, 0.1) is 0 Å². The molecule has 1 rings (SSSR count). The van der Waals surface area contributed by atoms with Crippen LogP contribution in [-0.4, -0.2) is 13.9 Å². The summed E-state index contributed by atoms with van der Waals surface area (Å²) in [6.45, 7) is 17.5. The number of rotatable bonds is 1. The van der Waals surface area contributed by atoms with Gasteiger partial charge in [0.05, 0.1) is 0 Å². The van der Waals surface area contributed by atoms with Crippen LogP contribution in [0.3, 0.4) is 0 Å². The zero-order chi connectivity index (χ0) is 13.6. The largest absolute Gasteiger partial charge is 0.508 e. The Kier molecular flexibility index (Phi) is 6.25. The van der Waals surface area contributed by atoms with Crippen LogP contribution in [-0.2, 0) is 0 Å². The lowest BCUT2D eigenvalue weighted by Crippen LogP contribution is -2.16. The summed E-state index contributed by atoms with van der Waals surface area (Å²) in [5.41, 5.74) is 2.08. The Bertz CT molecular complexity index is 344. The van der Waals surface area contributed by atoms with Crippen LogP contribution in [0.25, 0.3) is 5.57 Å². The number of benzene rings is 1. The van der Waals surface area contributed by atoms with Crippen molar-refractivity contribution >= 4 is 14.4 Å². The lowest BCUT2D eigenvalue weighted by atomic mass is 10.1. The van der Waals surface area contributed by atoms with Gasteiger partial charge in [-0.1, -0.05) is 58.2 Å². The molecule has 17 heavy (non-hydrogen) atoms. The Balaban J connectivity index is 0.000000325. The van der Waals surface area contributed by atoms with Gasteiger partial charge in [-0.25, -0.2) is 0 Å². The van der Waals surface area contributed by atoms with Gasteiger partial charge in [0.1, 0.15) is 5.75 Å². The highest BCUT2D eigenvalue weighted by molar-refractivity contribution is 6.59. The molecule has 0 atom stereocenters. The lowest BCUT2D eigenvalue weighted by Gasteiger charge is -2.21. The first-order valence-electron chi connectivity index (χ1n) is 6.09. The van der Waals surface area contributed by atoms with Gasteiger partial charge in [0.2, 0.25) is 0 Å². The van der Waals surface area contributed by atoms with Crippen LogP contribution in [0.4, 0.5) is 0 Å². The van der Waals surface area contributed by atoms with Crippen molar-refractivity contribution in [1.82, 2.24) is 0 Å². The van der Waals surface area contributed by atoms with E-state index < -0.39 is 0 Å². The van der Waals surface area contributed by atoms with Crippen molar-refractivity contribution in [2.75, 3.05) is 0 Å². The first-order chi connectivity index (χ1) is 7.64. The lowest BCUT2D eigenvalue weighted by molar-refractivity contribution is 0.475. The summed E-state index contributed by atoms with van der Waals surface area (Å²) in [7, 11) is -0.359. The third-order valence-electron chi connectivity index (χ3n) is 3.09. The minimum atomic E-state index is -0.359. The molecule has 0 aliphatic carbocycles. The second-order valence-electron chi connectivity index (χ2n) is 5.85. The minimum Gasteiger partial charge on any atom is -0.508 e. The summed E-state index contributed by atoms with van der Waals surface area (Å²) in [6.07, 6.45) is 0. The van der Waals surface area contributed by atoms with Crippen LogP contribution in [0.15, 0.2) is 30.8 Å². The second-order valence-corrected chi connectivity index (χ2v) is 9.89. The van der Waals surface area contributed by atoms with Gasteiger partial charge in [0, 0.05) is 8.80 Å². The van der Waals surface area contributed by atoms with E-state index in [1.165, 1.54) is 0 Å². The Morgan fingerprint density at radius 3 is 1.71 bits per heavy atom. The van der Waals surface area contributed by atoms with Gasteiger partial charge in [-0.05, 0) is 29.7 Å². The van der Waals surface area contributed by atoms with E-state index in [0.29, 0.717) is 10.8 Å². The molecule has 0 aliphatic rings. The third-order valence-corrected chi connectivity index (χ3v) is 6.56. The van der Waals surface area contributed by atoms with E-state index in [1.54, 1.807) is 12.1 Å². The second kappa shape index (κ2) is 6.65. The fourth-order valence-corrected chi connectivity index (χ4v) is 0.746. The SMILES string of the molecule is C=C(C)c1ccc(O)cc1.C[SiH](C)C(C)(C)C. The number of aromatic hydroxyl groups is 1. The zero-order valence-electron chi connectivity index (χ0n) is 12.0. The molecule has 0 amide bonds. The molecule has 1 aromatic rings. The number of hydrogen-bond donors (Lipinski definition) is 1. The number of hydrogen-bond acceptors (Lipinski definition) is 1. The maximum atomic E-state index is 8.91. The predicted molar refractivity (Wildman–Crippen MR) is 81.4 cm³/mol. The summed E-state index contributed by atoms with van der Waals surface area (Å²) in [4.78, 5) is 0. The minimum absolute atomic E-state index is 0.296. The van der Waals surface area contributed by atoms with Crippen molar-refractivity contribution in [3.63, 3.8) is 0 Å². The summed E-state index contributed by atoms with van der Waals surface area (Å²) >= 11 is 0. The van der Waals surface area contributed by atoms with Crippen LogP contribution >= 0.6 is 0 Å². The van der Waals surface area contributed by atoms with Crippen LogP contribution in [0.2, 0.25) is 18.1 Å². The third kappa shape index (κ3) is 7.00. The average Bonchev–Trinajstić information content (AvgIpc) is 2.17. The zero-order valence-corrected chi connectivity index (χ0v) is 13.2. The Morgan fingerprint density at radius 2 is 1.47 bits per heavy atom. The molecule has 0 saturated heterocycles. The molecular formula is C15H26OSi. The number of phenols is 1. The van der Waals surface area contributed by atoms with Crippen molar-refractivity contribution in [2.45, 2.75) is 45.8 Å². The van der Waals surface area contributed by atoms with E-state index in [4.69, 9.17) is 5.11 Å². The Labute approximate surface area is 108 Å². The molecule has 0 bridgehead atoms. The molecule has 0 spiro atoms. The predicted octanol–water partition coefficient (Wildman–Crippen LogP) is 4.70. The maximum Gasteiger partial charge on any atom is 0.115 e. The average molecular weight is 250 g/mol. The fraction of sp³-hybridized carbons (Fsp3) is 0.467. The van der Waals surface area contributed by atoms with E-state index in [0.717, 1.165) is 11.1 Å². The van der Waals surface area contributed by atoms with Gasteiger partial charge in [-0.2, -0.15) is 0 Å². The summed E-state index contributed by atoms with van der Waals surface area (Å²) in [6, 6.07) is 7.00. The summed E-state index contributed by atoms with van der Waals surface area (Å²) < 4.78 is 0. The van der Waals surface area contributed by atoms with E-state index in [-0.39, 0.29) is 8.80 Å². The first kappa shape index (κ1) is 16.0. The molecular weight excluding hydrogens is 224 g/mol. The fourth-order valence-electron chi connectivity index (χ4n) is 0.746. The van der Waals surface area contributed by atoms with Crippen molar-refractivity contribution in [3.8, 4) is 5.75 Å². The number of allylic oxidation sites excluding steroid dienone is 1. The summed E-state index contributed by atoms with van der Waals surface area (Å²) in [5, 5.41) is 9.55. The van der Waals surface area contributed by atoms with E-state index in [2.05, 4.69) is 40.4 Å². The van der Waals surface area contributed by atoms with E-state index >= 15 is 0 Å². The van der Waals surface area contributed by atoms with Crippen LogP contribution in [0.5, 0.6) is 5.75 Å². The van der Waals surface area contributed by atoms with Gasteiger partial charge < -0.3 is 5.11 Å². The monoisotopic (exact) mass is 250 g/mol. The molecule has 0 unspecified atom stereocenters. The normalized spacial score (nSPS) is 10.8. The molecule has 0 heterocycles. The van der Waals surface area contributed by atoms with Gasteiger partial charge in [-0.15, -0.1) is 0 Å². The van der Waals surface area contributed by atoms with Gasteiger partial charge in [0.15, 0.2) is 0 Å². The van der Waals surface area contributed by atoms with Gasteiger partial charge >= 0.3 is 0 Å². The molecule has 1 N–H and O–H groups in total. The Hall–Kier alpha value is -1.02. The highest BCUT2D eigenvalue weighted by Gasteiger charge is 2.15. The molecule has 0 fully saturated rings. The van der Waals surface area contributed by atoms with Crippen molar-refractivity contribution < 1.29 is 5.11 Å². The van der Waals surface area contributed by atoms with Crippen LogP contribution in [0.1, 0.15) is 33.3 Å². The quantitative estimate of drug-likeness (QED) is 0.716. The van der Waals surface area contributed by atoms with E-state index in [1.807, 2.05) is 19.1 Å². The van der Waals surface area contributed by atoms with Crippen LogP contribution < -0.4 is 0 Å². The van der Waals surface area contributed by atoms with Crippen molar-refractivity contribution in [3.05, 3.63) is 36.4 Å². The van der Waals surface area contributed by atoms with Crippen molar-refractivity contribution in [2.24, 2.45) is 0 Å². The molecule has 1 aromatic carbocycles. The molecule has 0 aliphatic heterocycles. The smallest absolute Gasteiger partial charge is 0.115 e. The van der Waals surface area contributed by atoms with Gasteiger partial charge in [0.25, 0.3) is 0 Å². The summed E-state index contributed by atoms with van der Waals surface area (Å²) in [5.74, 6) is 0.296. The molecule has 0 radical (unpaired) electrons. The standard InChI is InChI=1S/C9H10O.C6H16Si/c1-7(2)8-3-5-9(10)6-4-8;1-6(2,3)7(4)5/h3-6,10H,1H2,2H3;7H,1-5H3. The Morgan fingerprint density at radius 1 is 1.12 bits per heavy atom. The molecule has 2 heteroatoms. The van der Waals surface area contributed by atoms with E-state index in [9.17, 15) is 0 Å². The van der Waals surface area contributed by atoms with Crippen molar-refractivity contribution in [1.29, 1.82) is 0 Å². The highest BCUT2D eigenvalue weighted by atomic mass is 28.3. The molecule has 0 saturated carbocycles. The maximum absolute atomic E-state index is 8.91. The molecule has 1 nitrogen and oxygen atoms in total. The molecule has 96 valence electrons. The first-order valence-corrected chi connectivity index (χ1v) is 8.98. The highest BCUT2D eigenvalue weighted by Crippen LogP contribution is 2.25. The topological polar surface area (TPSA) is 20.2 Å².